The highest BCUT2D eigenvalue weighted by atomic mass is 19.1. The van der Waals surface area contributed by atoms with E-state index in [2.05, 4.69) is 6.07 Å². The van der Waals surface area contributed by atoms with E-state index in [-0.39, 0.29) is 35.4 Å². The number of esters is 1. The van der Waals surface area contributed by atoms with Crippen LogP contribution >= 0.6 is 0 Å². The molecule has 0 radical (unpaired) electrons. The van der Waals surface area contributed by atoms with Crippen LogP contribution in [0.2, 0.25) is 0 Å². The molecule has 0 amide bonds. The molecule has 4 aromatic carbocycles. The summed E-state index contributed by atoms with van der Waals surface area (Å²) in [5.74, 6) is -0.262. The summed E-state index contributed by atoms with van der Waals surface area (Å²) in [5.41, 5.74) is 11.7. The minimum atomic E-state index is -0.634. The van der Waals surface area contributed by atoms with E-state index in [1.807, 2.05) is 45.0 Å². The maximum atomic E-state index is 14.0. The van der Waals surface area contributed by atoms with Crippen molar-refractivity contribution in [2.45, 2.75) is 33.3 Å². The van der Waals surface area contributed by atoms with Gasteiger partial charge in [-0.1, -0.05) is 48.5 Å². The number of nitriles is 1. The van der Waals surface area contributed by atoms with Crippen molar-refractivity contribution in [3.63, 3.8) is 0 Å². The fourth-order valence-electron chi connectivity index (χ4n) is 5.24. The van der Waals surface area contributed by atoms with Crippen LogP contribution in [0, 0.1) is 37.9 Å². The number of fused-ring (bicyclic) bond motifs is 2. The lowest BCUT2D eigenvalue weighted by molar-refractivity contribution is 0.0702. The summed E-state index contributed by atoms with van der Waals surface area (Å²) in [7, 11) is 0. The zero-order valence-electron chi connectivity index (χ0n) is 23.7. The highest BCUT2D eigenvalue weighted by molar-refractivity contribution is 5.98. The van der Waals surface area contributed by atoms with Gasteiger partial charge in [0, 0.05) is 28.1 Å². The van der Waals surface area contributed by atoms with Crippen molar-refractivity contribution in [3.8, 4) is 23.3 Å². The van der Waals surface area contributed by atoms with Gasteiger partial charge in [0.15, 0.2) is 0 Å². The van der Waals surface area contributed by atoms with Gasteiger partial charge in [0.1, 0.15) is 46.9 Å². The molecule has 0 saturated carbocycles. The number of hydrogen-bond acceptors (Lipinski definition) is 7. The van der Waals surface area contributed by atoms with Gasteiger partial charge in [-0.25, -0.2) is 9.18 Å². The minimum absolute atomic E-state index is 0.0395. The average Bonchev–Trinajstić information content (AvgIpc) is 3.35. The Kier molecular flexibility index (Phi) is 7.08. The molecule has 1 aliphatic heterocycles. The van der Waals surface area contributed by atoms with Gasteiger partial charge in [-0.15, -0.1) is 0 Å². The van der Waals surface area contributed by atoms with Crippen molar-refractivity contribution in [1.82, 2.24) is 0 Å². The Morgan fingerprint density at radius 1 is 0.977 bits per heavy atom. The van der Waals surface area contributed by atoms with Gasteiger partial charge in [0.25, 0.3) is 0 Å². The number of ether oxygens (including phenoxy) is 3. The molecule has 0 saturated heterocycles. The number of furan rings is 1. The van der Waals surface area contributed by atoms with Crippen LogP contribution in [0.1, 0.15) is 49.9 Å². The highest BCUT2D eigenvalue weighted by Crippen LogP contribution is 2.44. The quantitative estimate of drug-likeness (QED) is 0.165. The first-order valence-corrected chi connectivity index (χ1v) is 13.6. The van der Waals surface area contributed by atoms with Crippen LogP contribution in [0.25, 0.3) is 11.0 Å². The van der Waals surface area contributed by atoms with Crippen LogP contribution in [-0.4, -0.2) is 5.97 Å². The Morgan fingerprint density at radius 3 is 2.47 bits per heavy atom. The molecule has 1 unspecified atom stereocenters. The molecule has 214 valence electrons. The molecule has 2 N–H and O–H groups in total. The fourth-order valence-corrected chi connectivity index (χ4v) is 5.24. The van der Waals surface area contributed by atoms with Gasteiger partial charge in [-0.05, 0) is 61.7 Å². The number of rotatable bonds is 6. The number of halogens is 1. The van der Waals surface area contributed by atoms with E-state index < -0.39 is 11.9 Å². The number of nitrogens with two attached hydrogens (primary N) is 1. The van der Waals surface area contributed by atoms with Crippen LogP contribution in [0.15, 0.2) is 94.7 Å². The van der Waals surface area contributed by atoms with Crippen molar-refractivity contribution in [2.75, 3.05) is 0 Å². The molecule has 1 atom stereocenters. The van der Waals surface area contributed by atoms with Gasteiger partial charge in [0.2, 0.25) is 11.6 Å². The summed E-state index contributed by atoms with van der Waals surface area (Å²) in [6, 6.07) is 24.6. The monoisotopic (exact) mass is 574 g/mol. The second-order valence-corrected chi connectivity index (χ2v) is 10.4. The third-order valence-corrected chi connectivity index (χ3v) is 7.78. The molecule has 6 rings (SSSR count). The first kappa shape index (κ1) is 27.6. The smallest absolute Gasteiger partial charge is 0.379 e. The molecule has 8 heteroatoms. The lowest BCUT2D eigenvalue weighted by Crippen LogP contribution is -2.21. The topological polar surface area (TPSA) is 108 Å². The number of aryl methyl sites for hydroxylation is 3. The zero-order valence-corrected chi connectivity index (χ0v) is 23.7. The molecule has 43 heavy (non-hydrogen) atoms. The number of carbonyl (C=O) groups is 1. The molecule has 1 aliphatic rings. The number of allylic oxidation sites excluding steroid dienone is 1. The Labute approximate surface area is 247 Å². The van der Waals surface area contributed by atoms with E-state index >= 15 is 0 Å². The Bertz CT molecular complexity index is 1970. The van der Waals surface area contributed by atoms with Gasteiger partial charge in [0.05, 0.1) is 5.92 Å². The van der Waals surface area contributed by atoms with E-state index in [0.29, 0.717) is 33.8 Å². The average molecular weight is 575 g/mol. The lowest BCUT2D eigenvalue weighted by atomic mass is 9.83. The van der Waals surface area contributed by atoms with Crippen molar-refractivity contribution in [3.05, 3.63) is 135 Å². The minimum Gasteiger partial charge on any atom is -0.489 e. The lowest BCUT2D eigenvalue weighted by Gasteiger charge is -2.26. The first-order valence-electron chi connectivity index (χ1n) is 13.6. The van der Waals surface area contributed by atoms with E-state index in [1.54, 1.807) is 48.5 Å². The molecule has 1 aromatic heterocycles. The van der Waals surface area contributed by atoms with Crippen molar-refractivity contribution >= 4 is 16.9 Å². The fraction of sp³-hybridized carbons (Fsp3) is 0.143. The molecule has 2 heterocycles. The SMILES string of the molecule is Cc1ccc2c(C)c(C(=O)Oc3ccc4c(c3)OC(N)=C(C#N)C4c3ccc(OCc4ccccc4F)cc3)oc2c1C. The predicted molar refractivity (Wildman–Crippen MR) is 158 cm³/mol. The highest BCUT2D eigenvalue weighted by Gasteiger charge is 2.31. The van der Waals surface area contributed by atoms with Gasteiger partial charge < -0.3 is 24.4 Å². The first-order chi connectivity index (χ1) is 20.7. The molecule has 5 aromatic rings. The Balaban J connectivity index is 1.25. The van der Waals surface area contributed by atoms with E-state index in [1.165, 1.54) is 6.07 Å². The maximum Gasteiger partial charge on any atom is 0.379 e. The maximum absolute atomic E-state index is 14.0. The van der Waals surface area contributed by atoms with Crippen LogP contribution < -0.4 is 19.9 Å². The summed E-state index contributed by atoms with van der Waals surface area (Å²) in [6.45, 7) is 5.84. The molecule has 0 spiro atoms. The van der Waals surface area contributed by atoms with Gasteiger partial charge in [-0.3, -0.25) is 0 Å². The number of hydrogen-bond donors (Lipinski definition) is 1. The van der Waals surface area contributed by atoms with E-state index in [4.69, 9.17) is 24.4 Å². The van der Waals surface area contributed by atoms with Crippen molar-refractivity contribution < 1.29 is 27.8 Å². The number of carbonyl (C=O) groups excluding carboxylic acids is 1. The third kappa shape index (κ3) is 5.06. The normalized spacial score (nSPS) is 14.2. The number of benzene rings is 4. The van der Waals surface area contributed by atoms with E-state index in [9.17, 15) is 14.4 Å². The molecule has 0 fully saturated rings. The van der Waals surface area contributed by atoms with Crippen LogP contribution in [0.4, 0.5) is 4.39 Å². The molecule has 7 nitrogen and oxygen atoms in total. The van der Waals surface area contributed by atoms with Crippen LogP contribution in [0.3, 0.4) is 0 Å². The van der Waals surface area contributed by atoms with Gasteiger partial charge >= 0.3 is 5.97 Å². The molecular formula is C35H27FN2O5. The largest absolute Gasteiger partial charge is 0.489 e. The standard InChI is InChI=1S/C35H27FN2O5/c1-19-8-14-26-21(3)33(43-32(26)20(19)2)35(39)41-25-13-15-27-30(16-25)42-34(38)28(17-37)31(27)22-9-11-24(12-10-22)40-18-23-6-4-5-7-29(23)36/h4-16,31H,18,38H2,1-3H3. The Morgan fingerprint density at radius 2 is 1.72 bits per heavy atom. The van der Waals surface area contributed by atoms with Gasteiger partial charge in [-0.2, -0.15) is 5.26 Å². The summed E-state index contributed by atoms with van der Waals surface area (Å²) in [4.78, 5) is 13.1. The molecule has 0 aliphatic carbocycles. The van der Waals surface area contributed by atoms with Crippen LogP contribution in [-0.2, 0) is 6.61 Å². The number of nitrogens with zero attached hydrogens (tertiary/aromatic N) is 1. The third-order valence-electron chi connectivity index (χ3n) is 7.78. The van der Waals surface area contributed by atoms with Crippen LogP contribution in [0.5, 0.6) is 17.2 Å². The summed E-state index contributed by atoms with van der Waals surface area (Å²) < 4.78 is 37.1. The second kappa shape index (κ2) is 11.0. The van der Waals surface area contributed by atoms with Crippen molar-refractivity contribution in [2.24, 2.45) is 5.73 Å². The second-order valence-electron chi connectivity index (χ2n) is 10.4. The predicted octanol–water partition coefficient (Wildman–Crippen LogP) is 7.51. The van der Waals surface area contributed by atoms with Crippen molar-refractivity contribution in [1.29, 1.82) is 5.26 Å². The van der Waals surface area contributed by atoms with E-state index in [0.717, 1.165) is 22.1 Å². The summed E-state index contributed by atoms with van der Waals surface area (Å²) in [5, 5.41) is 10.8. The molecular weight excluding hydrogens is 547 g/mol. The summed E-state index contributed by atoms with van der Waals surface area (Å²) >= 11 is 0. The zero-order chi connectivity index (χ0) is 30.2. The molecule has 0 bridgehead atoms. The summed E-state index contributed by atoms with van der Waals surface area (Å²) in [6.07, 6.45) is 0. The Hall–Kier alpha value is -5.55.